The van der Waals surface area contributed by atoms with Crippen molar-refractivity contribution in [1.29, 1.82) is 0 Å². The molecule has 1 amide bonds. The third kappa shape index (κ3) is 2.09. The van der Waals surface area contributed by atoms with Crippen LogP contribution in [0, 0.1) is 0 Å². The van der Waals surface area contributed by atoms with Crippen LogP contribution in [0.2, 0.25) is 0 Å². The molecule has 0 aliphatic carbocycles. The van der Waals surface area contributed by atoms with Crippen molar-refractivity contribution < 1.29 is 4.79 Å². The average Bonchev–Trinajstić information content (AvgIpc) is 2.27. The van der Waals surface area contributed by atoms with Crippen LogP contribution in [0.15, 0.2) is 30.8 Å². The number of rotatable bonds is 3. The maximum atomic E-state index is 11.2. The van der Waals surface area contributed by atoms with Crippen LogP contribution in [0.25, 0.3) is 5.70 Å². The van der Waals surface area contributed by atoms with Crippen LogP contribution >= 0.6 is 0 Å². The number of benzene rings is 1. The van der Waals surface area contributed by atoms with Crippen molar-refractivity contribution in [2.45, 2.75) is 0 Å². The minimum Gasteiger partial charge on any atom is -0.324 e. The van der Waals surface area contributed by atoms with E-state index in [-0.39, 0.29) is 5.91 Å². The molecule has 0 bridgehead atoms. The normalized spacial score (nSPS) is 9.29. The van der Waals surface area contributed by atoms with E-state index < -0.39 is 0 Å². The second-order valence-corrected chi connectivity index (χ2v) is 2.68. The molecule has 0 saturated heterocycles. The van der Waals surface area contributed by atoms with Gasteiger partial charge < -0.3 is 5.43 Å². The number of nitrogen functional groups attached to an aromatic ring is 1. The Bertz CT molecular complexity index is 330. The van der Waals surface area contributed by atoms with Crippen molar-refractivity contribution in [2.24, 2.45) is 11.7 Å². The molecule has 6 N–H and O–H groups in total. The molecule has 1 aromatic carbocycles. The minimum absolute atomic E-state index is 0.350. The van der Waals surface area contributed by atoms with Gasteiger partial charge in [0.25, 0.3) is 5.91 Å². The summed E-state index contributed by atoms with van der Waals surface area (Å²) < 4.78 is 0. The van der Waals surface area contributed by atoms with Crippen molar-refractivity contribution in [3.8, 4) is 0 Å². The summed E-state index contributed by atoms with van der Waals surface area (Å²) in [4.78, 5) is 11.2. The molecule has 0 fully saturated rings. The summed E-state index contributed by atoms with van der Waals surface area (Å²) in [6.45, 7) is 3.67. The highest BCUT2D eigenvalue weighted by atomic mass is 16.2. The van der Waals surface area contributed by atoms with Gasteiger partial charge >= 0.3 is 0 Å². The fourth-order valence-corrected chi connectivity index (χ4v) is 1.01. The van der Waals surface area contributed by atoms with Crippen molar-refractivity contribution in [3.63, 3.8) is 0 Å². The molecule has 0 aromatic heterocycles. The molecule has 0 aliphatic rings. The summed E-state index contributed by atoms with van der Waals surface area (Å²) in [6.07, 6.45) is 0. The van der Waals surface area contributed by atoms with E-state index in [9.17, 15) is 4.79 Å². The first-order chi connectivity index (χ1) is 6.69. The summed E-state index contributed by atoms with van der Waals surface area (Å²) in [5, 5.41) is 0. The predicted octanol–water partition coefficient (Wildman–Crippen LogP) is -0.276. The monoisotopic (exact) mass is 192 g/mol. The van der Waals surface area contributed by atoms with Gasteiger partial charge in [-0.15, -0.1) is 0 Å². The highest BCUT2D eigenvalue weighted by Gasteiger charge is 2.04. The topological polar surface area (TPSA) is 93.2 Å². The number of nitrogens with one attached hydrogen (secondary N) is 2. The summed E-state index contributed by atoms with van der Waals surface area (Å²) in [7, 11) is 0. The van der Waals surface area contributed by atoms with Gasteiger partial charge in [0.1, 0.15) is 0 Å². The second-order valence-electron chi connectivity index (χ2n) is 2.68. The Morgan fingerprint density at radius 3 is 2.43 bits per heavy atom. The van der Waals surface area contributed by atoms with Crippen LogP contribution in [0.4, 0.5) is 0 Å². The van der Waals surface area contributed by atoms with Crippen LogP contribution in [-0.4, -0.2) is 5.91 Å². The number of nitrogens with two attached hydrogens (primary N) is 2. The second kappa shape index (κ2) is 4.40. The van der Waals surface area contributed by atoms with E-state index in [2.05, 4.69) is 12.0 Å². The van der Waals surface area contributed by atoms with Crippen molar-refractivity contribution in [2.75, 3.05) is 0 Å². The Hall–Kier alpha value is -1.85. The number of carbonyl (C=O) groups excluding carboxylic acids is 1. The van der Waals surface area contributed by atoms with Gasteiger partial charge in [-0.1, -0.05) is 18.7 Å². The van der Waals surface area contributed by atoms with Gasteiger partial charge in [0, 0.05) is 11.3 Å². The number of amides is 1. The molecule has 0 heterocycles. The van der Waals surface area contributed by atoms with Crippen molar-refractivity contribution >= 4 is 11.6 Å². The third-order valence-electron chi connectivity index (χ3n) is 1.78. The molecule has 0 spiro atoms. The van der Waals surface area contributed by atoms with E-state index in [1.54, 1.807) is 24.3 Å². The van der Waals surface area contributed by atoms with Crippen LogP contribution in [-0.2, 0) is 0 Å². The van der Waals surface area contributed by atoms with Gasteiger partial charge in [-0.2, -0.15) is 0 Å². The Morgan fingerprint density at radius 1 is 1.21 bits per heavy atom. The maximum Gasteiger partial charge on any atom is 0.265 e. The van der Waals surface area contributed by atoms with Gasteiger partial charge in [-0.25, -0.2) is 5.84 Å². The molecule has 0 saturated carbocycles. The van der Waals surface area contributed by atoms with E-state index in [0.717, 1.165) is 5.56 Å². The van der Waals surface area contributed by atoms with Crippen LogP contribution in [0.1, 0.15) is 15.9 Å². The SMILES string of the molecule is C=C(NN)c1cccc(C(=O)NN)c1. The number of hydrogen-bond donors (Lipinski definition) is 4. The molecule has 0 unspecified atom stereocenters. The Kier molecular flexibility index (Phi) is 3.22. The summed E-state index contributed by atoms with van der Waals surface area (Å²) in [5.41, 5.74) is 6.20. The smallest absolute Gasteiger partial charge is 0.265 e. The van der Waals surface area contributed by atoms with E-state index in [1.165, 1.54) is 0 Å². The van der Waals surface area contributed by atoms with Gasteiger partial charge in [-0.05, 0) is 17.7 Å². The van der Waals surface area contributed by atoms with Gasteiger partial charge in [0.15, 0.2) is 0 Å². The lowest BCUT2D eigenvalue weighted by Crippen LogP contribution is -2.30. The Labute approximate surface area is 81.7 Å². The molecule has 74 valence electrons. The molecule has 14 heavy (non-hydrogen) atoms. The van der Waals surface area contributed by atoms with Crippen molar-refractivity contribution in [3.05, 3.63) is 42.0 Å². The third-order valence-corrected chi connectivity index (χ3v) is 1.78. The highest BCUT2D eigenvalue weighted by molar-refractivity contribution is 5.94. The highest BCUT2D eigenvalue weighted by Crippen LogP contribution is 2.10. The standard InChI is InChI=1S/C9H12N4O/c1-6(12-10)7-3-2-4-8(5-7)9(14)13-11/h2-5,12H,1,10-11H2,(H,13,14). The Balaban J connectivity index is 3.01. The molecule has 5 heteroatoms. The lowest BCUT2D eigenvalue weighted by molar-refractivity contribution is 0.0953. The van der Waals surface area contributed by atoms with Crippen LogP contribution < -0.4 is 22.5 Å². The fourth-order valence-electron chi connectivity index (χ4n) is 1.01. The van der Waals surface area contributed by atoms with Gasteiger partial charge in [0.2, 0.25) is 0 Å². The molecular formula is C9H12N4O. The molecular weight excluding hydrogens is 180 g/mol. The zero-order valence-corrected chi connectivity index (χ0v) is 7.58. The largest absolute Gasteiger partial charge is 0.324 e. The van der Waals surface area contributed by atoms with Crippen LogP contribution in [0.5, 0.6) is 0 Å². The molecule has 1 aromatic rings. The number of carbonyl (C=O) groups is 1. The molecule has 0 aliphatic heterocycles. The molecule has 1 rings (SSSR count). The maximum absolute atomic E-state index is 11.2. The van der Waals surface area contributed by atoms with E-state index >= 15 is 0 Å². The Morgan fingerprint density at radius 2 is 1.86 bits per heavy atom. The lowest BCUT2D eigenvalue weighted by Gasteiger charge is -2.06. The average molecular weight is 192 g/mol. The molecule has 0 atom stereocenters. The zero-order chi connectivity index (χ0) is 10.6. The predicted molar refractivity (Wildman–Crippen MR) is 54.5 cm³/mol. The minimum atomic E-state index is -0.350. The van der Waals surface area contributed by atoms with E-state index in [4.69, 9.17) is 11.7 Å². The summed E-state index contributed by atoms with van der Waals surface area (Å²) in [6, 6.07) is 6.80. The molecule has 5 nitrogen and oxygen atoms in total. The van der Waals surface area contributed by atoms with E-state index in [1.807, 2.05) is 5.43 Å². The zero-order valence-electron chi connectivity index (χ0n) is 7.58. The lowest BCUT2D eigenvalue weighted by atomic mass is 10.1. The fraction of sp³-hybridized carbons (Fsp3) is 0. The number of hydrazine groups is 2. The summed E-state index contributed by atoms with van der Waals surface area (Å²) in [5.74, 6) is 9.84. The number of hydrogen-bond acceptors (Lipinski definition) is 4. The molecule has 0 radical (unpaired) electrons. The van der Waals surface area contributed by atoms with E-state index in [0.29, 0.717) is 11.3 Å². The first kappa shape index (κ1) is 10.2. The first-order valence-electron chi connectivity index (χ1n) is 3.96. The summed E-state index contributed by atoms with van der Waals surface area (Å²) >= 11 is 0. The first-order valence-corrected chi connectivity index (χ1v) is 3.96. The van der Waals surface area contributed by atoms with Crippen LogP contribution in [0.3, 0.4) is 0 Å². The van der Waals surface area contributed by atoms with Gasteiger partial charge in [-0.3, -0.25) is 16.1 Å². The quantitative estimate of drug-likeness (QED) is 0.301. The van der Waals surface area contributed by atoms with Crippen molar-refractivity contribution in [1.82, 2.24) is 10.9 Å². The van der Waals surface area contributed by atoms with Gasteiger partial charge in [0.05, 0.1) is 0 Å².